The lowest BCUT2D eigenvalue weighted by atomic mass is 10.1. The van der Waals surface area contributed by atoms with Gasteiger partial charge in [-0.15, -0.1) is 0 Å². The van der Waals surface area contributed by atoms with Gasteiger partial charge in [-0.05, 0) is 27.2 Å². The van der Waals surface area contributed by atoms with E-state index in [4.69, 9.17) is 0 Å². The molecule has 1 amide bonds. The van der Waals surface area contributed by atoms with Crippen molar-refractivity contribution in [2.75, 3.05) is 17.2 Å². The van der Waals surface area contributed by atoms with Gasteiger partial charge in [-0.3, -0.25) is 14.3 Å². The molecule has 0 unspecified atom stereocenters. The predicted octanol–water partition coefficient (Wildman–Crippen LogP) is 1.35. The first kappa shape index (κ1) is 15.3. The number of anilines is 2. The first-order valence-electron chi connectivity index (χ1n) is 7.62. The Hall–Kier alpha value is -2.64. The third-order valence-corrected chi connectivity index (χ3v) is 3.98. The number of amides is 1. The van der Waals surface area contributed by atoms with E-state index in [2.05, 4.69) is 20.8 Å². The molecule has 2 aromatic rings. The fraction of sp³-hybridized carbons (Fsp3) is 0.467. The van der Waals surface area contributed by atoms with Gasteiger partial charge >= 0.3 is 0 Å². The average Bonchev–Trinajstić information content (AvgIpc) is 3.01. The van der Waals surface area contributed by atoms with Crippen molar-refractivity contribution in [2.24, 2.45) is 0 Å². The second-order valence-corrected chi connectivity index (χ2v) is 5.72. The Labute approximate surface area is 133 Å². The quantitative estimate of drug-likeness (QED) is 0.831. The minimum atomic E-state index is -0.200. The summed E-state index contributed by atoms with van der Waals surface area (Å²) >= 11 is 0. The smallest absolute Gasteiger partial charge is 0.246 e. The molecule has 8 nitrogen and oxygen atoms in total. The zero-order valence-electron chi connectivity index (χ0n) is 13.5. The van der Waals surface area contributed by atoms with E-state index in [-0.39, 0.29) is 18.2 Å². The van der Waals surface area contributed by atoms with Crippen molar-refractivity contribution in [3.63, 3.8) is 0 Å². The number of ketones is 1. The van der Waals surface area contributed by atoms with Gasteiger partial charge in [0.25, 0.3) is 0 Å². The van der Waals surface area contributed by atoms with Gasteiger partial charge in [0.15, 0.2) is 5.78 Å². The van der Waals surface area contributed by atoms with Crippen molar-refractivity contribution >= 4 is 23.2 Å². The van der Waals surface area contributed by atoms with Gasteiger partial charge in [-0.1, -0.05) is 0 Å². The molecule has 0 bridgehead atoms. The number of fused-ring (bicyclic) bond motifs is 1. The van der Waals surface area contributed by atoms with Crippen LogP contribution in [0.2, 0.25) is 0 Å². The Morgan fingerprint density at radius 3 is 2.87 bits per heavy atom. The highest BCUT2D eigenvalue weighted by Gasteiger charge is 2.19. The van der Waals surface area contributed by atoms with Gasteiger partial charge in [0.2, 0.25) is 5.91 Å². The summed E-state index contributed by atoms with van der Waals surface area (Å²) in [6, 6.07) is 0. The van der Waals surface area contributed by atoms with Gasteiger partial charge in [0.05, 0.1) is 17.5 Å². The fourth-order valence-corrected chi connectivity index (χ4v) is 2.95. The number of aryl methyl sites for hydroxylation is 2. The number of hydrogen-bond acceptors (Lipinski definition) is 5. The van der Waals surface area contributed by atoms with E-state index in [1.165, 1.54) is 6.92 Å². The highest BCUT2D eigenvalue weighted by atomic mass is 16.2. The van der Waals surface area contributed by atoms with Crippen LogP contribution in [0.5, 0.6) is 0 Å². The van der Waals surface area contributed by atoms with Gasteiger partial charge in [-0.25, -0.2) is 4.68 Å². The molecule has 0 fully saturated rings. The van der Waals surface area contributed by atoms with Crippen molar-refractivity contribution in [1.29, 1.82) is 0 Å². The van der Waals surface area contributed by atoms with Crippen LogP contribution in [0, 0.1) is 13.8 Å². The summed E-state index contributed by atoms with van der Waals surface area (Å²) in [6.45, 7) is 6.85. The largest absolute Gasteiger partial charge is 0.368 e. The van der Waals surface area contributed by atoms with E-state index in [1.807, 2.05) is 4.68 Å². The molecule has 1 aliphatic rings. The molecule has 0 aromatic carbocycles. The number of Topliss-reactive ketones (excluding diaryl/α,β-unsaturated/α-hetero) is 1. The minimum absolute atomic E-state index is 0.0402. The zero-order valence-corrected chi connectivity index (χ0v) is 13.5. The van der Waals surface area contributed by atoms with Gasteiger partial charge in [0, 0.05) is 18.8 Å². The molecule has 23 heavy (non-hydrogen) atoms. The minimum Gasteiger partial charge on any atom is -0.368 e. The maximum absolute atomic E-state index is 12.3. The van der Waals surface area contributed by atoms with Crippen molar-refractivity contribution in [1.82, 2.24) is 19.6 Å². The summed E-state index contributed by atoms with van der Waals surface area (Å²) < 4.78 is 3.40. The van der Waals surface area contributed by atoms with E-state index in [0.717, 1.165) is 25.3 Å². The fourth-order valence-electron chi connectivity index (χ4n) is 2.95. The summed E-state index contributed by atoms with van der Waals surface area (Å²) in [5.74, 6) is 0.595. The normalized spacial score (nSPS) is 13.3. The van der Waals surface area contributed by atoms with Crippen molar-refractivity contribution < 1.29 is 9.59 Å². The van der Waals surface area contributed by atoms with E-state index < -0.39 is 0 Å². The maximum atomic E-state index is 12.3. The van der Waals surface area contributed by atoms with E-state index in [9.17, 15) is 9.59 Å². The summed E-state index contributed by atoms with van der Waals surface area (Å²) in [7, 11) is 0. The van der Waals surface area contributed by atoms with Crippen LogP contribution in [0.25, 0.3) is 0 Å². The Bertz CT molecular complexity index is 773. The maximum Gasteiger partial charge on any atom is 0.246 e. The van der Waals surface area contributed by atoms with E-state index in [1.54, 1.807) is 24.7 Å². The molecule has 122 valence electrons. The Morgan fingerprint density at radius 1 is 1.39 bits per heavy atom. The molecular weight excluding hydrogens is 296 g/mol. The topological polar surface area (TPSA) is 93.8 Å². The number of aromatic nitrogens is 4. The monoisotopic (exact) mass is 316 g/mol. The molecule has 0 saturated carbocycles. The lowest BCUT2D eigenvalue weighted by molar-refractivity contribution is -0.116. The van der Waals surface area contributed by atoms with Crippen LogP contribution >= 0.6 is 0 Å². The molecule has 0 aliphatic carbocycles. The molecule has 3 rings (SSSR count). The van der Waals surface area contributed by atoms with Crippen LogP contribution in [0.3, 0.4) is 0 Å². The molecule has 1 aliphatic heterocycles. The van der Waals surface area contributed by atoms with Gasteiger partial charge in [0.1, 0.15) is 18.1 Å². The van der Waals surface area contributed by atoms with Gasteiger partial charge in [-0.2, -0.15) is 10.2 Å². The highest BCUT2D eigenvalue weighted by Crippen LogP contribution is 2.24. The lowest BCUT2D eigenvalue weighted by Crippen LogP contribution is -2.22. The summed E-state index contributed by atoms with van der Waals surface area (Å²) in [4.78, 5) is 23.9. The number of carbonyl (C=O) groups is 2. The standard InChI is InChI=1S/C15H20N6O2/c1-9-14(11(3)22)10(2)21(19-9)8-13(23)18-12-7-17-20-6-4-5-16-15(12)20/h7,16H,4-6,8H2,1-3H3,(H,18,23). The number of carbonyl (C=O) groups excluding carboxylic acids is 2. The molecule has 0 atom stereocenters. The Kier molecular flexibility index (Phi) is 3.89. The third kappa shape index (κ3) is 2.84. The SMILES string of the molecule is CC(=O)c1c(C)nn(CC(=O)Nc2cnn3c2NCCC3)c1C. The van der Waals surface area contributed by atoms with Crippen molar-refractivity contribution in [3.05, 3.63) is 23.1 Å². The molecule has 0 radical (unpaired) electrons. The molecule has 8 heteroatoms. The first-order valence-corrected chi connectivity index (χ1v) is 7.62. The second-order valence-electron chi connectivity index (χ2n) is 5.72. The molecule has 2 aromatic heterocycles. The van der Waals surface area contributed by atoms with Crippen LogP contribution in [-0.2, 0) is 17.9 Å². The summed E-state index contributed by atoms with van der Waals surface area (Å²) in [5, 5.41) is 14.6. The molecule has 2 N–H and O–H groups in total. The van der Waals surface area contributed by atoms with Crippen molar-refractivity contribution in [3.8, 4) is 0 Å². The van der Waals surface area contributed by atoms with Crippen LogP contribution in [0.4, 0.5) is 11.5 Å². The first-order chi connectivity index (χ1) is 11.0. The van der Waals surface area contributed by atoms with Crippen LogP contribution < -0.4 is 10.6 Å². The second kappa shape index (κ2) is 5.86. The lowest BCUT2D eigenvalue weighted by Gasteiger charge is -2.17. The van der Waals surface area contributed by atoms with Crippen LogP contribution in [0.15, 0.2) is 6.20 Å². The third-order valence-electron chi connectivity index (χ3n) is 3.98. The van der Waals surface area contributed by atoms with Crippen LogP contribution in [0.1, 0.15) is 35.1 Å². The van der Waals surface area contributed by atoms with Crippen molar-refractivity contribution in [2.45, 2.75) is 40.3 Å². The molecule has 0 saturated heterocycles. The molecule has 3 heterocycles. The average molecular weight is 316 g/mol. The van der Waals surface area contributed by atoms with Crippen LogP contribution in [-0.4, -0.2) is 37.8 Å². The number of nitrogens with one attached hydrogen (secondary N) is 2. The summed E-state index contributed by atoms with van der Waals surface area (Å²) in [6.07, 6.45) is 2.66. The number of nitrogens with zero attached hydrogens (tertiary/aromatic N) is 4. The Morgan fingerprint density at radius 2 is 2.17 bits per heavy atom. The van der Waals surface area contributed by atoms with E-state index >= 15 is 0 Å². The molecular formula is C15H20N6O2. The Balaban J connectivity index is 1.74. The zero-order chi connectivity index (χ0) is 16.6. The van der Waals surface area contributed by atoms with Gasteiger partial charge < -0.3 is 10.6 Å². The number of hydrogen-bond donors (Lipinski definition) is 2. The van der Waals surface area contributed by atoms with E-state index in [0.29, 0.717) is 22.6 Å². The number of rotatable bonds is 4. The predicted molar refractivity (Wildman–Crippen MR) is 85.7 cm³/mol. The molecule has 0 spiro atoms. The summed E-state index contributed by atoms with van der Waals surface area (Å²) in [5.41, 5.74) is 2.61. The highest BCUT2D eigenvalue weighted by molar-refractivity contribution is 5.97.